The van der Waals surface area contributed by atoms with Crippen molar-refractivity contribution in [1.29, 1.82) is 0 Å². The van der Waals surface area contributed by atoms with Crippen LogP contribution in [0.4, 0.5) is 10.5 Å². The zero-order valence-electron chi connectivity index (χ0n) is 33.9. The Kier molecular flexibility index (Phi) is 14.8. The molecule has 15 nitrogen and oxygen atoms in total. The van der Waals surface area contributed by atoms with Crippen LogP contribution in [0, 0.1) is 18.8 Å². The molecule has 57 heavy (non-hydrogen) atoms. The van der Waals surface area contributed by atoms with Gasteiger partial charge in [-0.15, -0.1) is 10.2 Å². The number of rotatable bonds is 16. The summed E-state index contributed by atoms with van der Waals surface area (Å²) in [7, 11) is 0. The van der Waals surface area contributed by atoms with E-state index >= 15 is 0 Å². The molecule has 5 N–H and O–H groups in total. The molecule has 2 aromatic heterocycles. The van der Waals surface area contributed by atoms with Gasteiger partial charge in [-0.25, -0.2) is 9.78 Å². The fraction of sp³-hybridized carbons (Fsp3) is 0.476. The molecule has 0 bridgehead atoms. The number of carbonyl (C=O) groups excluding carboxylic acids is 4. The van der Waals surface area contributed by atoms with Crippen LogP contribution in [0.3, 0.4) is 0 Å². The van der Waals surface area contributed by atoms with E-state index in [-0.39, 0.29) is 36.0 Å². The summed E-state index contributed by atoms with van der Waals surface area (Å²) in [6.07, 6.45) is 2.66. The second kappa shape index (κ2) is 19.9. The minimum Gasteiger partial charge on any atom is -0.444 e. The van der Waals surface area contributed by atoms with E-state index in [1.54, 1.807) is 30.3 Å². The lowest BCUT2D eigenvalue weighted by Crippen LogP contribution is -2.48. The van der Waals surface area contributed by atoms with Crippen LogP contribution in [0.2, 0.25) is 0 Å². The smallest absolute Gasteiger partial charge is 0.407 e. The van der Waals surface area contributed by atoms with Crippen LogP contribution < -0.4 is 21.3 Å². The molecule has 4 aromatic rings. The summed E-state index contributed by atoms with van der Waals surface area (Å²) in [5.41, 5.74) is 4.49. The molecule has 4 amide bonds. The second-order valence-electron chi connectivity index (χ2n) is 15.5. The zero-order valence-corrected chi connectivity index (χ0v) is 33.9. The highest BCUT2D eigenvalue weighted by Crippen LogP contribution is 2.29. The number of hydrogen-bond donors (Lipinski definition) is 5. The number of alkyl carbamates (subject to hydrolysis) is 1. The number of nitrogens with zero attached hydrogens (tertiary/aromatic N) is 5. The van der Waals surface area contributed by atoms with Gasteiger partial charge < -0.3 is 30.9 Å². The summed E-state index contributed by atoms with van der Waals surface area (Å²) >= 11 is 0. The summed E-state index contributed by atoms with van der Waals surface area (Å²) in [5.74, 6) is -0.296. The monoisotopic (exact) mass is 780 g/mol. The van der Waals surface area contributed by atoms with Crippen molar-refractivity contribution in [3.05, 3.63) is 77.6 Å². The lowest BCUT2D eigenvalue weighted by molar-refractivity contribution is -0.130. The van der Waals surface area contributed by atoms with Crippen molar-refractivity contribution in [3.8, 4) is 22.5 Å². The summed E-state index contributed by atoms with van der Waals surface area (Å²) in [6.45, 7) is 15.2. The van der Waals surface area contributed by atoms with E-state index in [4.69, 9.17) is 4.74 Å². The van der Waals surface area contributed by atoms with Crippen molar-refractivity contribution in [2.45, 2.75) is 85.3 Å². The molecular formula is C42H56N10O5. The molecule has 304 valence electrons. The highest BCUT2D eigenvalue weighted by molar-refractivity contribution is 5.98. The molecule has 0 spiro atoms. The number of likely N-dealkylation sites (N-methyl/N-ethyl adjacent to an activating group) is 1. The first kappa shape index (κ1) is 42.4. The van der Waals surface area contributed by atoms with Crippen LogP contribution in [0.1, 0.15) is 82.0 Å². The van der Waals surface area contributed by atoms with E-state index in [1.165, 1.54) is 0 Å². The van der Waals surface area contributed by atoms with Gasteiger partial charge in [0.25, 0.3) is 5.91 Å². The van der Waals surface area contributed by atoms with E-state index < -0.39 is 17.7 Å². The summed E-state index contributed by atoms with van der Waals surface area (Å²) in [4.78, 5) is 59.3. The highest BCUT2D eigenvalue weighted by Gasteiger charge is 2.30. The van der Waals surface area contributed by atoms with Gasteiger partial charge in [0.05, 0.1) is 0 Å². The fourth-order valence-electron chi connectivity index (χ4n) is 6.89. The first-order valence-electron chi connectivity index (χ1n) is 19.8. The van der Waals surface area contributed by atoms with Crippen molar-refractivity contribution in [2.24, 2.45) is 11.8 Å². The van der Waals surface area contributed by atoms with Crippen molar-refractivity contribution >= 4 is 29.5 Å². The maximum Gasteiger partial charge on any atom is 0.407 e. The van der Waals surface area contributed by atoms with Crippen molar-refractivity contribution in [1.82, 2.24) is 46.5 Å². The summed E-state index contributed by atoms with van der Waals surface area (Å²) in [5, 5.41) is 25.9. The number of aromatic nitrogens is 5. The molecule has 0 radical (unpaired) electrons. The standard InChI is InChI=1S/C42H56N10O5/c1-7-52(8-2)24-23-43-39(54)35-22-21-34(27(3)45-35)30-13-9-28(10-14-30)25-36(40(55)46-33-19-17-31(18-20-33)37-48-50-51-49-37)47-38(53)32-15-11-29(12-16-32)26-44-41(56)57-42(4,5)6/h9-10,13-14,17-22,29,32,36H,7-8,11-12,15-16,23-26H2,1-6H3,(H,43,54)(H,44,56)(H,46,55)(H,47,53)(H,48,49,50,51)/t29-,32-,36-/m0/s1. The van der Waals surface area contributed by atoms with Crippen molar-refractivity contribution in [3.63, 3.8) is 0 Å². The quantitative estimate of drug-likeness (QED) is 0.0995. The maximum absolute atomic E-state index is 13.8. The van der Waals surface area contributed by atoms with Gasteiger partial charge in [-0.1, -0.05) is 44.2 Å². The van der Waals surface area contributed by atoms with Crippen LogP contribution in [0.25, 0.3) is 22.5 Å². The number of hydrogen-bond acceptors (Lipinski definition) is 10. The number of pyridine rings is 1. The molecule has 0 aliphatic heterocycles. The van der Waals surface area contributed by atoms with Gasteiger partial charge in [-0.3, -0.25) is 14.4 Å². The first-order valence-corrected chi connectivity index (χ1v) is 19.8. The van der Waals surface area contributed by atoms with Gasteiger partial charge in [0.15, 0.2) is 0 Å². The van der Waals surface area contributed by atoms with E-state index in [2.05, 4.69) is 65.6 Å². The summed E-state index contributed by atoms with van der Waals surface area (Å²) < 4.78 is 5.36. The Labute approximate surface area is 334 Å². The number of H-pyrrole nitrogens is 1. The average molecular weight is 781 g/mol. The van der Waals surface area contributed by atoms with Gasteiger partial charge in [0.2, 0.25) is 17.6 Å². The van der Waals surface area contributed by atoms with Crippen LogP contribution in [-0.2, 0) is 20.7 Å². The topological polar surface area (TPSA) is 196 Å². The Balaban J connectivity index is 1.23. The lowest BCUT2D eigenvalue weighted by Gasteiger charge is -2.29. The van der Waals surface area contributed by atoms with Gasteiger partial charge in [-0.05, 0) is 119 Å². The third kappa shape index (κ3) is 12.7. The number of carbonyl (C=O) groups is 4. The van der Waals surface area contributed by atoms with Gasteiger partial charge in [0.1, 0.15) is 17.3 Å². The van der Waals surface area contributed by atoms with Crippen LogP contribution in [0.5, 0.6) is 0 Å². The lowest BCUT2D eigenvalue weighted by atomic mass is 9.81. The molecule has 1 atom stereocenters. The number of benzene rings is 2. The SMILES string of the molecule is CCN(CC)CCNC(=O)c1ccc(-c2ccc(C[C@H](NC(=O)[C@H]3CC[C@H](CNC(=O)OC(C)(C)C)CC3)C(=O)Nc3ccc(-c4nn[nH]n4)cc3)cc2)c(C)n1. The molecule has 2 heterocycles. The number of aryl methyl sites for hydroxylation is 1. The Morgan fingerprint density at radius 1 is 0.895 bits per heavy atom. The van der Waals surface area contributed by atoms with E-state index in [0.717, 1.165) is 60.4 Å². The molecule has 0 unspecified atom stereocenters. The molecular weight excluding hydrogens is 725 g/mol. The fourth-order valence-corrected chi connectivity index (χ4v) is 6.89. The molecule has 1 aliphatic rings. The Morgan fingerprint density at radius 2 is 1.58 bits per heavy atom. The molecule has 5 rings (SSSR count). The first-order chi connectivity index (χ1) is 27.3. The van der Waals surface area contributed by atoms with E-state index in [0.29, 0.717) is 43.1 Å². The average Bonchev–Trinajstić information content (AvgIpc) is 3.74. The normalized spacial score (nSPS) is 16.1. The van der Waals surface area contributed by atoms with Gasteiger partial charge in [-0.2, -0.15) is 5.21 Å². The predicted molar refractivity (Wildman–Crippen MR) is 218 cm³/mol. The predicted octanol–water partition coefficient (Wildman–Crippen LogP) is 5.31. The molecule has 1 saturated carbocycles. The third-order valence-electron chi connectivity index (χ3n) is 10.2. The molecule has 0 saturated heterocycles. The van der Waals surface area contributed by atoms with Crippen molar-refractivity contribution < 1.29 is 23.9 Å². The number of nitrogens with one attached hydrogen (secondary N) is 5. The minimum atomic E-state index is -0.852. The number of tetrazole rings is 1. The number of amides is 4. The van der Waals surface area contributed by atoms with E-state index in [9.17, 15) is 19.2 Å². The zero-order chi connectivity index (χ0) is 41.0. The molecule has 2 aromatic carbocycles. The minimum absolute atomic E-state index is 0.170. The number of aromatic amines is 1. The molecule has 1 aliphatic carbocycles. The number of anilines is 1. The van der Waals surface area contributed by atoms with E-state index in [1.807, 2.05) is 58.0 Å². The Hall–Kier alpha value is -5.70. The second-order valence-corrected chi connectivity index (χ2v) is 15.5. The van der Waals surface area contributed by atoms with Crippen LogP contribution in [-0.4, -0.2) is 98.7 Å². The van der Waals surface area contributed by atoms with Crippen molar-refractivity contribution in [2.75, 3.05) is 38.0 Å². The van der Waals surface area contributed by atoms with Gasteiger partial charge in [0, 0.05) is 54.5 Å². The molecule has 1 fully saturated rings. The van der Waals surface area contributed by atoms with Crippen LogP contribution >= 0.6 is 0 Å². The Bertz CT molecular complexity index is 1930. The number of ether oxygens (including phenoxy) is 1. The third-order valence-corrected chi connectivity index (χ3v) is 10.2. The Morgan fingerprint density at radius 3 is 2.19 bits per heavy atom. The maximum atomic E-state index is 13.8. The largest absolute Gasteiger partial charge is 0.444 e. The molecule has 15 heteroatoms. The highest BCUT2D eigenvalue weighted by atomic mass is 16.6. The van der Waals surface area contributed by atoms with Gasteiger partial charge >= 0.3 is 6.09 Å². The summed E-state index contributed by atoms with van der Waals surface area (Å²) in [6, 6.07) is 17.7. The van der Waals surface area contributed by atoms with Crippen LogP contribution in [0.15, 0.2) is 60.7 Å².